The summed E-state index contributed by atoms with van der Waals surface area (Å²) in [5, 5.41) is 2.50. The molecule has 0 bridgehead atoms. The Morgan fingerprint density at radius 3 is 2.68 bits per heavy atom. The largest absolute Gasteiger partial charge is 0.460 e. The zero-order valence-corrected chi connectivity index (χ0v) is 14.4. The Kier molecular flexibility index (Phi) is 4.57. The Bertz CT molecular complexity index is 836. The van der Waals surface area contributed by atoms with Crippen molar-refractivity contribution in [1.29, 1.82) is 0 Å². The van der Waals surface area contributed by atoms with Gasteiger partial charge in [0, 0.05) is 49.8 Å². The van der Waals surface area contributed by atoms with E-state index in [0.29, 0.717) is 6.01 Å². The second kappa shape index (κ2) is 7.15. The lowest BCUT2D eigenvalue weighted by Crippen LogP contribution is -2.38. The minimum Gasteiger partial charge on any atom is -0.460 e. The summed E-state index contributed by atoms with van der Waals surface area (Å²) in [5.74, 6) is 0. The van der Waals surface area contributed by atoms with E-state index in [9.17, 15) is 0 Å². The van der Waals surface area contributed by atoms with Crippen LogP contribution in [-0.4, -0.2) is 39.0 Å². The Morgan fingerprint density at radius 1 is 1.08 bits per heavy atom. The first-order chi connectivity index (χ1) is 12.3. The molecule has 2 aromatic heterocycles. The highest BCUT2D eigenvalue weighted by Gasteiger charge is 2.21. The number of aromatic nitrogens is 3. The number of rotatable bonds is 4. The van der Waals surface area contributed by atoms with Gasteiger partial charge in [0.1, 0.15) is 6.10 Å². The van der Waals surface area contributed by atoms with Gasteiger partial charge in [-0.25, -0.2) is 9.97 Å². The molecular formula is C20H22N4O. The van der Waals surface area contributed by atoms with E-state index in [1.165, 1.54) is 16.3 Å². The fourth-order valence-electron chi connectivity index (χ4n) is 3.34. The molecule has 3 heterocycles. The predicted molar refractivity (Wildman–Crippen MR) is 97.4 cm³/mol. The van der Waals surface area contributed by atoms with Crippen LogP contribution in [0.1, 0.15) is 24.0 Å². The maximum Gasteiger partial charge on any atom is 0.316 e. The minimum absolute atomic E-state index is 0.204. The second-order valence-electron chi connectivity index (χ2n) is 6.65. The average molecular weight is 334 g/mol. The van der Waals surface area contributed by atoms with Crippen molar-refractivity contribution in [2.24, 2.45) is 0 Å². The molecule has 3 aromatic rings. The highest BCUT2D eigenvalue weighted by molar-refractivity contribution is 5.84. The third kappa shape index (κ3) is 3.77. The van der Waals surface area contributed by atoms with E-state index in [2.05, 4.69) is 44.1 Å². The highest BCUT2D eigenvalue weighted by Crippen LogP contribution is 2.22. The molecule has 0 unspecified atom stereocenters. The van der Waals surface area contributed by atoms with E-state index in [1.807, 2.05) is 19.3 Å². The molecule has 5 heteroatoms. The van der Waals surface area contributed by atoms with Gasteiger partial charge < -0.3 is 4.74 Å². The third-order valence-corrected chi connectivity index (χ3v) is 4.73. The number of benzene rings is 1. The number of hydrogen-bond donors (Lipinski definition) is 0. The zero-order valence-electron chi connectivity index (χ0n) is 14.4. The van der Waals surface area contributed by atoms with Crippen molar-refractivity contribution in [3.8, 4) is 6.01 Å². The lowest BCUT2D eigenvalue weighted by atomic mass is 10.0. The van der Waals surface area contributed by atoms with E-state index >= 15 is 0 Å². The highest BCUT2D eigenvalue weighted by atomic mass is 16.5. The molecule has 1 aliphatic rings. The van der Waals surface area contributed by atoms with Gasteiger partial charge in [-0.3, -0.25) is 9.88 Å². The summed E-state index contributed by atoms with van der Waals surface area (Å²) >= 11 is 0. The van der Waals surface area contributed by atoms with E-state index < -0.39 is 0 Å². The molecule has 0 atom stereocenters. The Balaban J connectivity index is 1.36. The molecule has 0 N–H and O–H groups in total. The van der Waals surface area contributed by atoms with Gasteiger partial charge in [-0.15, -0.1) is 0 Å². The van der Waals surface area contributed by atoms with Crippen molar-refractivity contribution in [2.75, 3.05) is 13.1 Å². The predicted octanol–water partition coefficient (Wildman–Crippen LogP) is 3.38. The summed E-state index contributed by atoms with van der Waals surface area (Å²) in [6, 6.07) is 9.04. The van der Waals surface area contributed by atoms with Crippen LogP contribution in [0.15, 0.2) is 49.1 Å². The van der Waals surface area contributed by atoms with Crippen LogP contribution < -0.4 is 4.74 Å². The van der Waals surface area contributed by atoms with Crippen molar-refractivity contribution in [2.45, 2.75) is 32.4 Å². The molecule has 25 heavy (non-hydrogen) atoms. The van der Waals surface area contributed by atoms with Gasteiger partial charge in [0.05, 0.1) is 0 Å². The molecular weight excluding hydrogens is 312 g/mol. The first kappa shape index (κ1) is 16.0. The number of piperidine rings is 1. The molecule has 0 aliphatic carbocycles. The molecule has 0 radical (unpaired) electrons. The van der Waals surface area contributed by atoms with Gasteiger partial charge in [0.2, 0.25) is 0 Å². The smallest absolute Gasteiger partial charge is 0.316 e. The van der Waals surface area contributed by atoms with Gasteiger partial charge >= 0.3 is 6.01 Å². The van der Waals surface area contributed by atoms with Crippen molar-refractivity contribution < 1.29 is 4.74 Å². The standard InChI is InChI=1S/C20H22N4O/c1-15-11-22-20(23-12-15)25-18-6-9-24(10-7-18)14-17-4-2-3-16-13-21-8-5-19(16)17/h2-5,8,11-13,18H,6-7,9-10,14H2,1H3. The third-order valence-electron chi connectivity index (χ3n) is 4.73. The number of aryl methyl sites for hydroxylation is 1. The van der Waals surface area contributed by atoms with E-state index in [-0.39, 0.29) is 6.10 Å². The summed E-state index contributed by atoms with van der Waals surface area (Å²) in [6.45, 7) is 5.00. The maximum atomic E-state index is 5.92. The number of pyridine rings is 1. The van der Waals surface area contributed by atoms with Crippen molar-refractivity contribution >= 4 is 10.8 Å². The number of ether oxygens (including phenoxy) is 1. The first-order valence-corrected chi connectivity index (χ1v) is 8.77. The Labute approximate surface area is 147 Å². The van der Waals surface area contributed by atoms with Crippen molar-refractivity contribution in [3.63, 3.8) is 0 Å². The van der Waals surface area contributed by atoms with Crippen LogP contribution in [0.5, 0.6) is 6.01 Å². The SMILES string of the molecule is Cc1cnc(OC2CCN(Cc3cccc4cnccc34)CC2)nc1. The number of likely N-dealkylation sites (tertiary alicyclic amines) is 1. The van der Waals surface area contributed by atoms with Crippen LogP contribution in [0.25, 0.3) is 10.8 Å². The molecule has 4 rings (SSSR count). The summed E-state index contributed by atoms with van der Waals surface area (Å²) in [5.41, 5.74) is 2.41. The van der Waals surface area contributed by atoms with Gasteiger partial charge in [-0.2, -0.15) is 0 Å². The zero-order chi connectivity index (χ0) is 17.1. The fraction of sp³-hybridized carbons (Fsp3) is 0.350. The van der Waals surface area contributed by atoms with Crippen molar-refractivity contribution in [3.05, 3.63) is 60.2 Å². The normalized spacial score (nSPS) is 16.2. The van der Waals surface area contributed by atoms with Crippen LogP contribution in [-0.2, 0) is 6.54 Å². The molecule has 128 valence electrons. The number of fused-ring (bicyclic) bond motifs is 1. The lowest BCUT2D eigenvalue weighted by Gasteiger charge is -2.31. The second-order valence-corrected chi connectivity index (χ2v) is 6.65. The van der Waals surface area contributed by atoms with Crippen LogP contribution >= 0.6 is 0 Å². The first-order valence-electron chi connectivity index (χ1n) is 8.77. The molecule has 0 amide bonds. The fourth-order valence-corrected chi connectivity index (χ4v) is 3.34. The number of hydrogen-bond acceptors (Lipinski definition) is 5. The van der Waals surface area contributed by atoms with E-state index in [1.54, 1.807) is 12.4 Å². The molecule has 1 aromatic carbocycles. The molecule has 0 saturated carbocycles. The summed E-state index contributed by atoms with van der Waals surface area (Å²) in [4.78, 5) is 15.2. The van der Waals surface area contributed by atoms with Gasteiger partial charge in [0.25, 0.3) is 0 Å². The van der Waals surface area contributed by atoms with Crippen LogP contribution in [0.3, 0.4) is 0 Å². The monoisotopic (exact) mass is 334 g/mol. The quantitative estimate of drug-likeness (QED) is 0.732. The molecule has 0 spiro atoms. The summed E-state index contributed by atoms with van der Waals surface area (Å²) in [6.07, 6.45) is 9.61. The summed E-state index contributed by atoms with van der Waals surface area (Å²) in [7, 11) is 0. The summed E-state index contributed by atoms with van der Waals surface area (Å²) < 4.78 is 5.92. The lowest BCUT2D eigenvalue weighted by molar-refractivity contribution is 0.0894. The Morgan fingerprint density at radius 2 is 1.88 bits per heavy atom. The van der Waals surface area contributed by atoms with Gasteiger partial charge in [0.15, 0.2) is 0 Å². The molecule has 1 saturated heterocycles. The topological polar surface area (TPSA) is 51.1 Å². The Hall–Kier alpha value is -2.53. The van der Waals surface area contributed by atoms with Crippen LogP contribution in [0.2, 0.25) is 0 Å². The van der Waals surface area contributed by atoms with Crippen LogP contribution in [0.4, 0.5) is 0 Å². The van der Waals surface area contributed by atoms with Gasteiger partial charge in [-0.05, 0) is 42.3 Å². The average Bonchev–Trinajstić information content (AvgIpc) is 2.65. The van der Waals surface area contributed by atoms with Crippen molar-refractivity contribution in [1.82, 2.24) is 19.9 Å². The maximum absolute atomic E-state index is 5.92. The van der Waals surface area contributed by atoms with Crippen LogP contribution in [0, 0.1) is 6.92 Å². The van der Waals surface area contributed by atoms with E-state index in [4.69, 9.17) is 4.74 Å². The molecule has 1 aliphatic heterocycles. The number of nitrogens with zero attached hydrogens (tertiary/aromatic N) is 4. The molecule has 5 nitrogen and oxygen atoms in total. The molecule has 1 fully saturated rings. The van der Waals surface area contributed by atoms with Gasteiger partial charge in [-0.1, -0.05) is 18.2 Å². The minimum atomic E-state index is 0.204. The van der Waals surface area contributed by atoms with E-state index in [0.717, 1.165) is 38.0 Å².